The Labute approximate surface area is 82.8 Å². The molecule has 2 rings (SSSR count). The Morgan fingerprint density at radius 2 is 2.14 bits per heavy atom. The minimum absolute atomic E-state index is 0.178. The molecule has 1 saturated carbocycles. The Hall–Kier alpha value is -1.22. The van der Waals surface area contributed by atoms with Gasteiger partial charge in [0, 0.05) is 18.0 Å². The van der Waals surface area contributed by atoms with Crippen LogP contribution in [0, 0.1) is 0 Å². The van der Waals surface area contributed by atoms with Crippen molar-refractivity contribution in [2.24, 2.45) is 0 Å². The first-order chi connectivity index (χ1) is 6.72. The van der Waals surface area contributed by atoms with Gasteiger partial charge in [-0.25, -0.2) is 0 Å². The van der Waals surface area contributed by atoms with Gasteiger partial charge in [-0.3, -0.25) is 9.78 Å². The van der Waals surface area contributed by atoms with Crippen LogP contribution in [0.5, 0.6) is 0 Å². The van der Waals surface area contributed by atoms with E-state index in [9.17, 15) is 9.90 Å². The molecule has 3 heteroatoms. The first-order valence-corrected chi connectivity index (χ1v) is 4.90. The second-order valence-corrected chi connectivity index (χ2v) is 3.81. The predicted octanol–water partition coefficient (Wildman–Crippen LogP) is 1.57. The number of nitrogens with zero attached hydrogens (tertiary/aromatic N) is 1. The van der Waals surface area contributed by atoms with Crippen molar-refractivity contribution < 1.29 is 9.90 Å². The molecule has 0 bridgehead atoms. The largest absolute Gasteiger partial charge is 0.382 e. The zero-order chi connectivity index (χ0) is 10.0. The summed E-state index contributed by atoms with van der Waals surface area (Å²) in [5.74, 6) is -0.178. The van der Waals surface area contributed by atoms with Gasteiger partial charge in [0.1, 0.15) is 5.60 Å². The summed E-state index contributed by atoms with van der Waals surface area (Å²) in [6.45, 7) is 0. The normalized spacial score (nSPS) is 19.5. The molecule has 0 aromatic carbocycles. The molecule has 0 spiro atoms. The molecule has 0 saturated heterocycles. The third-order valence-corrected chi connectivity index (χ3v) is 2.78. The van der Waals surface area contributed by atoms with E-state index < -0.39 is 5.60 Å². The summed E-state index contributed by atoms with van der Waals surface area (Å²) in [6.07, 6.45) is 6.17. The monoisotopic (exact) mass is 191 g/mol. The molecule has 74 valence electrons. The highest BCUT2D eigenvalue weighted by molar-refractivity contribution is 6.02. The van der Waals surface area contributed by atoms with Crippen LogP contribution >= 0.6 is 0 Å². The Morgan fingerprint density at radius 1 is 1.43 bits per heavy atom. The molecule has 0 radical (unpaired) electrons. The van der Waals surface area contributed by atoms with Crippen molar-refractivity contribution in [3.05, 3.63) is 30.1 Å². The lowest BCUT2D eigenvalue weighted by atomic mass is 9.92. The number of ketones is 1. The van der Waals surface area contributed by atoms with Crippen molar-refractivity contribution in [1.29, 1.82) is 0 Å². The second kappa shape index (κ2) is 3.50. The van der Waals surface area contributed by atoms with E-state index in [1.165, 1.54) is 6.20 Å². The van der Waals surface area contributed by atoms with Gasteiger partial charge in [0.2, 0.25) is 0 Å². The first kappa shape index (κ1) is 9.34. The molecule has 0 amide bonds. The molecule has 1 heterocycles. The van der Waals surface area contributed by atoms with Crippen molar-refractivity contribution in [3.63, 3.8) is 0 Å². The van der Waals surface area contributed by atoms with Crippen LogP contribution in [0.15, 0.2) is 24.5 Å². The smallest absolute Gasteiger partial charge is 0.195 e. The molecule has 14 heavy (non-hydrogen) atoms. The summed E-state index contributed by atoms with van der Waals surface area (Å²) < 4.78 is 0. The minimum Gasteiger partial charge on any atom is -0.382 e. The molecular formula is C11H13NO2. The van der Waals surface area contributed by atoms with Gasteiger partial charge in [-0.15, -0.1) is 0 Å². The number of hydrogen-bond acceptors (Lipinski definition) is 3. The van der Waals surface area contributed by atoms with Crippen LogP contribution in [-0.2, 0) is 0 Å². The number of Topliss-reactive ketones (excluding diaryl/α,β-unsaturated/α-hetero) is 1. The van der Waals surface area contributed by atoms with Gasteiger partial charge in [-0.2, -0.15) is 0 Å². The number of aromatic nitrogens is 1. The number of aliphatic hydroxyl groups is 1. The maximum absolute atomic E-state index is 11.9. The standard InChI is InChI=1S/C11H13NO2/c13-10(9-4-3-7-12-8-9)11(14)5-1-2-6-11/h3-4,7-8,14H,1-2,5-6H2. The van der Waals surface area contributed by atoms with E-state index in [1.54, 1.807) is 18.3 Å². The third-order valence-electron chi connectivity index (χ3n) is 2.78. The van der Waals surface area contributed by atoms with E-state index in [0.717, 1.165) is 12.8 Å². The van der Waals surface area contributed by atoms with E-state index in [1.807, 2.05) is 0 Å². The van der Waals surface area contributed by atoms with Gasteiger partial charge in [0.05, 0.1) is 0 Å². The Morgan fingerprint density at radius 3 is 2.71 bits per heavy atom. The van der Waals surface area contributed by atoms with Gasteiger partial charge in [-0.05, 0) is 37.8 Å². The maximum atomic E-state index is 11.9. The highest BCUT2D eigenvalue weighted by Crippen LogP contribution is 2.32. The van der Waals surface area contributed by atoms with E-state index in [0.29, 0.717) is 18.4 Å². The summed E-state index contributed by atoms with van der Waals surface area (Å²) >= 11 is 0. The van der Waals surface area contributed by atoms with Crippen LogP contribution in [0.4, 0.5) is 0 Å². The fourth-order valence-electron chi connectivity index (χ4n) is 1.95. The van der Waals surface area contributed by atoms with Gasteiger partial charge in [-0.1, -0.05) is 0 Å². The topological polar surface area (TPSA) is 50.2 Å². The van der Waals surface area contributed by atoms with Gasteiger partial charge in [0.25, 0.3) is 0 Å². The molecule has 1 aliphatic carbocycles. The summed E-state index contributed by atoms with van der Waals surface area (Å²) in [5.41, 5.74) is -0.611. The molecule has 3 nitrogen and oxygen atoms in total. The van der Waals surface area contributed by atoms with E-state index >= 15 is 0 Å². The SMILES string of the molecule is O=C(c1cccnc1)C1(O)CCCC1. The Balaban J connectivity index is 2.24. The van der Waals surface area contributed by atoms with Gasteiger partial charge < -0.3 is 5.11 Å². The summed E-state index contributed by atoms with van der Waals surface area (Å²) in [6, 6.07) is 3.41. The zero-order valence-electron chi connectivity index (χ0n) is 7.94. The van der Waals surface area contributed by atoms with Crippen LogP contribution in [0.2, 0.25) is 0 Å². The molecule has 1 aromatic rings. The fraction of sp³-hybridized carbons (Fsp3) is 0.455. The Bertz CT molecular complexity index is 328. The summed E-state index contributed by atoms with van der Waals surface area (Å²) in [7, 11) is 0. The van der Waals surface area contributed by atoms with Crippen LogP contribution in [-0.4, -0.2) is 21.5 Å². The van der Waals surface area contributed by atoms with Crippen molar-refractivity contribution in [3.8, 4) is 0 Å². The average Bonchev–Trinajstić information content (AvgIpc) is 2.67. The van der Waals surface area contributed by atoms with Gasteiger partial charge >= 0.3 is 0 Å². The molecule has 0 unspecified atom stereocenters. The van der Waals surface area contributed by atoms with E-state index in [4.69, 9.17) is 0 Å². The number of rotatable bonds is 2. The molecule has 0 atom stereocenters. The van der Waals surface area contributed by atoms with Crippen molar-refractivity contribution >= 4 is 5.78 Å². The molecule has 1 aromatic heterocycles. The third kappa shape index (κ3) is 1.55. The van der Waals surface area contributed by atoms with Crippen molar-refractivity contribution in [2.75, 3.05) is 0 Å². The molecule has 1 N–H and O–H groups in total. The first-order valence-electron chi connectivity index (χ1n) is 4.90. The van der Waals surface area contributed by atoms with E-state index in [-0.39, 0.29) is 5.78 Å². The lowest BCUT2D eigenvalue weighted by Crippen LogP contribution is -2.35. The number of carbonyl (C=O) groups is 1. The lowest BCUT2D eigenvalue weighted by molar-refractivity contribution is 0.0353. The number of carbonyl (C=O) groups excluding carboxylic acids is 1. The second-order valence-electron chi connectivity index (χ2n) is 3.81. The van der Waals surface area contributed by atoms with Crippen LogP contribution < -0.4 is 0 Å². The highest BCUT2D eigenvalue weighted by Gasteiger charge is 2.39. The van der Waals surface area contributed by atoms with E-state index in [2.05, 4.69) is 4.98 Å². The number of pyridine rings is 1. The molecule has 1 fully saturated rings. The minimum atomic E-state index is -1.12. The molecule has 0 aliphatic heterocycles. The maximum Gasteiger partial charge on any atom is 0.195 e. The summed E-state index contributed by atoms with van der Waals surface area (Å²) in [5, 5.41) is 10.0. The fourth-order valence-corrected chi connectivity index (χ4v) is 1.95. The Kier molecular flexibility index (Phi) is 2.33. The molecule has 1 aliphatic rings. The van der Waals surface area contributed by atoms with Crippen LogP contribution in [0.25, 0.3) is 0 Å². The van der Waals surface area contributed by atoms with Gasteiger partial charge in [0.15, 0.2) is 5.78 Å². The van der Waals surface area contributed by atoms with Crippen molar-refractivity contribution in [2.45, 2.75) is 31.3 Å². The zero-order valence-corrected chi connectivity index (χ0v) is 7.94. The van der Waals surface area contributed by atoms with Crippen LogP contribution in [0.3, 0.4) is 0 Å². The highest BCUT2D eigenvalue weighted by atomic mass is 16.3. The van der Waals surface area contributed by atoms with Crippen molar-refractivity contribution in [1.82, 2.24) is 4.98 Å². The molecular weight excluding hydrogens is 178 g/mol. The van der Waals surface area contributed by atoms with Crippen LogP contribution in [0.1, 0.15) is 36.0 Å². The predicted molar refractivity (Wildman–Crippen MR) is 52.0 cm³/mol. The quantitative estimate of drug-likeness (QED) is 0.722. The average molecular weight is 191 g/mol. The number of hydrogen-bond donors (Lipinski definition) is 1. The summed E-state index contributed by atoms with van der Waals surface area (Å²) in [4.78, 5) is 15.8. The lowest BCUT2D eigenvalue weighted by Gasteiger charge is -2.19.